The van der Waals surface area contributed by atoms with Crippen molar-refractivity contribution in [2.24, 2.45) is 0 Å². The van der Waals surface area contributed by atoms with Gasteiger partial charge in [0.1, 0.15) is 18.3 Å². The normalized spacial score (nSPS) is 24.9. The SMILES string of the molecule is CN(CC1CNCCO1)C(=O)C1COc2ccccc21. The lowest BCUT2D eigenvalue weighted by Gasteiger charge is -2.29. The third-order valence-corrected chi connectivity index (χ3v) is 3.86. The number of nitrogens with zero attached hydrogens (tertiary/aromatic N) is 1. The van der Waals surface area contributed by atoms with Gasteiger partial charge in [-0.25, -0.2) is 0 Å². The molecule has 0 radical (unpaired) electrons. The summed E-state index contributed by atoms with van der Waals surface area (Å²) in [5, 5.41) is 3.28. The molecule has 1 amide bonds. The van der Waals surface area contributed by atoms with Gasteiger partial charge in [-0.15, -0.1) is 0 Å². The van der Waals surface area contributed by atoms with Crippen molar-refractivity contribution in [3.8, 4) is 5.75 Å². The van der Waals surface area contributed by atoms with Gasteiger partial charge >= 0.3 is 0 Å². The third-order valence-electron chi connectivity index (χ3n) is 3.86. The highest BCUT2D eigenvalue weighted by Gasteiger charge is 2.32. The maximum atomic E-state index is 12.6. The molecule has 108 valence electrons. The predicted octanol–water partition coefficient (Wildman–Crippen LogP) is 0.609. The van der Waals surface area contributed by atoms with Crippen LogP contribution in [0.3, 0.4) is 0 Å². The minimum absolute atomic E-state index is 0.0789. The Morgan fingerprint density at radius 2 is 2.30 bits per heavy atom. The number of likely N-dealkylation sites (N-methyl/N-ethyl adjacent to an activating group) is 1. The van der Waals surface area contributed by atoms with Crippen molar-refractivity contribution in [2.75, 3.05) is 39.9 Å². The standard InChI is InChI=1S/C15H20N2O3/c1-17(9-11-8-16-6-7-19-11)15(18)13-10-20-14-5-3-2-4-12(13)14/h2-5,11,13,16H,6-10H2,1H3. The van der Waals surface area contributed by atoms with Gasteiger partial charge in [-0.2, -0.15) is 0 Å². The molecule has 2 atom stereocenters. The number of hydrogen-bond donors (Lipinski definition) is 1. The molecule has 0 spiro atoms. The first-order valence-electron chi connectivity index (χ1n) is 7.04. The van der Waals surface area contributed by atoms with Gasteiger partial charge in [0.15, 0.2) is 0 Å². The molecular weight excluding hydrogens is 256 g/mol. The van der Waals surface area contributed by atoms with Crippen LogP contribution in [-0.2, 0) is 9.53 Å². The Morgan fingerprint density at radius 3 is 3.10 bits per heavy atom. The average Bonchev–Trinajstić information content (AvgIpc) is 2.91. The van der Waals surface area contributed by atoms with Gasteiger partial charge in [-0.3, -0.25) is 4.79 Å². The van der Waals surface area contributed by atoms with E-state index in [4.69, 9.17) is 9.47 Å². The molecule has 2 unspecified atom stereocenters. The lowest BCUT2D eigenvalue weighted by molar-refractivity contribution is -0.133. The Morgan fingerprint density at radius 1 is 1.45 bits per heavy atom. The lowest BCUT2D eigenvalue weighted by Crippen LogP contribution is -2.46. The first kappa shape index (κ1) is 13.4. The molecule has 1 fully saturated rings. The van der Waals surface area contributed by atoms with E-state index in [2.05, 4.69) is 5.32 Å². The quantitative estimate of drug-likeness (QED) is 0.879. The Bertz CT molecular complexity index is 486. The molecule has 0 bridgehead atoms. The molecule has 2 heterocycles. The van der Waals surface area contributed by atoms with E-state index >= 15 is 0 Å². The summed E-state index contributed by atoms with van der Waals surface area (Å²) in [6.45, 7) is 3.45. The van der Waals surface area contributed by atoms with Gasteiger partial charge < -0.3 is 19.7 Å². The highest BCUT2D eigenvalue weighted by Crippen LogP contribution is 2.34. The van der Waals surface area contributed by atoms with Crippen molar-refractivity contribution in [1.82, 2.24) is 10.2 Å². The number of carbonyl (C=O) groups excluding carboxylic acids is 1. The predicted molar refractivity (Wildman–Crippen MR) is 74.9 cm³/mol. The number of benzene rings is 1. The van der Waals surface area contributed by atoms with Gasteiger partial charge in [-0.05, 0) is 6.07 Å². The molecule has 1 aromatic carbocycles. The zero-order valence-corrected chi connectivity index (χ0v) is 11.7. The van der Waals surface area contributed by atoms with E-state index in [1.807, 2.05) is 31.3 Å². The highest BCUT2D eigenvalue weighted by molar-refractivity contribution is 5.85. The summed E-state index contributed by atoms with van der Waals surface area (Å²) < 4.78 is 11.2. The molecule has 20 heavy (non-hydrogen) atoms. The van der Waals surface area contributed by atoms with Gasteiger partial charge in [0.2, 0.25) is 5.91 Å². The minimum atomic E-state index is -0.187. The van der Waals surface area contributed by atoms with Crippen LogP contribution >= 0.6 is 0 Å². The fraction of sp³-hybridized carbons (Fsp3) is 0.533. The number of morpholine rings is 1. The Kier molecular flexibility index (Phi) is 3.89. The lowest BCUT2D eigenvalue weighted by atomic mass is 10.00. The molecule has 1 aromatic rings. The molecule has 5 nitrogen and oxygen atoms in total. The number of ether oxygens (including phenoxy) is 2. The van der Waals surface area contributed by atoms with Crippen LogP contribution in [-0.4, -0.2) is 56.8 Å². The molecular formula is C15H20N2O3. The van der Waals surface area contributed by atoms with E-state index in [0.29, 0.717) is 19.8 Å². The summed E-state index contributed by atoms with van der Waals surface area (Å²) in [6, 6.07) is 7.76. The van der Waals surface area contributed by atoms with Crippen molar-refractivity contribution in [1.29, 1.82) is 0 Å². The Balaban J connectivity index is 1.64. The highest BCUT2D eigenvalue weighted by atomic mass is 16.5. The van der Waals surface area contributed by atoms with E-state index < -0.39 is 0 Å². The number of fused-ring (bicyclic) bond motifs is 1. The van der Waals surface area contributed by atoms with E-state index in [1.54, 1.807) is 4.90 Å². The summed E-state index contributed by atoms with van der Waals surface area (Å²) in [5.41, 5.74) is 0.993. The maximum absolute atomic E-state index is 12.6. The van der Waals surface area contributed by atoms with E-state index in [-0.39, 0.29) is 17.9 Å². The Hall–Kier alpha value is -1.59. The summed E-state index contributed by atoms with van der Waals surface area (Å²) >= 11 is 0. The molecule has 1 N–H and O–H groups in total. The van der Waals surface area contributed by atoms with E-state index in [0.717, 1.165) is 24.4 Å². The van der Waals surface area contributed by atoms with Crippen molar-refractivity contribution >= 4 is 5.91 Å². The molecule has 1 saturated heterocycles. The largest absolute Gasteiger partial charge is 0.492 e. The van der Waals surface area contributed by atoms with E-state index in [1.165, 1.54) is 0 Å². The molecule has 2 aliphatic rings. The van der Waals surface area contributed by atoms with Crippen molar-refractivity contribution in [3.63, 3.8) is 0 Å². The summed E-state index contributed by atoms with van der Waals surface area (Å²) in [6.07, 6.45) is 0.0789. The van der Waals surface area contributed by atoms with Crippen LogP contribution in [0.1, 0.15) is 11.5 Å². The number of hydrogen-bond acceptors (Lipinski definition) is 4. The summed E-state index contributed by atoms with van der Waals surface area (Å²) in [4.78, 5) is 14.3. The number of carbonyl (C=O) groups is 1. The van der Waals surface area contributed by atoms with Crippen LogP contribution in [0.25, 0.3) is 0 Å². The fourth-order valence-corrected chi connectivity index (χ4v) is 2.77. The smallest absolute Gasteiger partial charge is 0.233 e. The second-order valence-electron chi connectivity index (χ2n) is 5.32. The first-order valence-corrected chi connectivity index (χ1v) is 7.04. The minimum Gasteiger partial charge on any atom is -0.492 e. The van der Waals surface area contributed by atoms with Crippen molar-refractivity contribution in [2.45, 2.75) is 12.0 Å². The Labute approximate surface area is 118 Å². The third kappa shape index (κ3) is 2.64. The van der Waals surface area contributed by atoms with Crippen molar-refractivity contribution in [3.05, 3.63) is 29.8 Å². The van der Waals surface area contributed by atoms with Crippen LogP contribution < -0.4 is 10.1 Å². The molecule has 3 rings (SSSR count). The van der Waals surface area contributed by atoms with Gasteiger partial charge in [0.25, 0.3) is 0 Å². The van der Waals surface area contributed by atoms with E-state index in [9.17, 15) is 4.79 Å². The van der Waals surface area contributed by atoms with Crippen LogP contribution in [0.5, 0.6) is 5.75 Å². The van der Waals surface area contributed by atoms with Crippen LogP contribution in [0, 0.1) is 0 Å². The van der Waals surface area contributed by atoms with Gasteiger partial charge in [0, 0.05) is 32.2 Å². The van der Waals surface area contributed by atoms with Crippen LogP contribution in [0.4, 0.5) is 0 Å². The summed E-state index contributed by atoms with van der Waals surface area (Å²) in [5.74, 6) is 0.742. The zero-order chi connectivity index (χ0) is 13.9. The van der Waals surface area contributed by atoms with Crippen LogP contribution in [0.15, 0.2) is 24.3 Å². The topological polar surface area (TPSA) is 50.8 Å². The zero-order valence-electron chi connectivity index (χ0n) is 11.7. The molecule has 0 aromatic heterocycles. The summed E-state index contributed by atoms with van der Waals surface area (Å²) in [7, 11) is 1.83. The first-order chi connectivity index (χ1) is 9.75. The number of amides is 1. The second-order valence-corrected chi connectivity index (χ2v) is 5.32. The monoisotopic (exact) mass is 276 g/mol. The van der Waals surface area contributed by atoms with Gasteiger partial charge in [-0.1, -0.05) is 18.2 Å². The molecule has 2 aliphatic heterocycles. The molecule has 5 heteroatoms. The second kappa shape index (κ2) is 5.81. The molecule has 0 saturated carbocycles. The number of para-hydroxylation sites is 1. The number of rotatable bonds is 3. The maximum Gasteiger partial charge on any atom is 0.233 e. The van der Waals surface area contributed by atoms with Gasteiger partial charge in [0.05, 0.1) is 12.7 Å². The number of nitrogens with one attached hydrogen (secondary N) is 1. The fourth-order valence-electron chi connectivity index (χ4n) is 2.77. The van der Waals surface area contributed by atoms with Crippen molar-refractivity contribution < 1.29 is 14.3 Å². The van der Waals surface area contributed by atoms with Crippen LogP contribution in [0.2, 0.25) is 0 Å². The average molecular weight is 276 g/mol. The molecule has 0 aliphatic carbocycles.